The first kappa shape index (κ1) is 26.7. The largest absolute Gasteiger partial charge is 0.458 e. The second-order valence-electron chi connectivity index (χ2n) is 12.1. The predicted octanol–water partition coefficient (Wildman–Crippen LogP) is 9.00. The van der Waals surface area contributed by atoms with Gasteiger partial charge in [0.25, 0.3) is 0 Å². The number of para-hydroxylation sites is 4. The number of anilines is 3. The number of ether oxygens (including phenoxy) is 1. The number of hydrogen-bond acceptors (Lipinski definition) is 4. The second kappa shape index (κ2) is 10.3. The van der Waals surface area contributed by atoms with Crippen LogP contribution in [0.1, 0.15) is 0 Å². The maximum absolute atomic E-state index is 6.62. The molecule has 0 saturated heterocycles. The van der Waals surface area contributed by atoms with E-state index in [0.29, 0.717) is 0 Å². The number of fused-ring (bicyclic) bond motifs is 11. The van der Waals surface area contributed by atoms with E-state index in [1.165, 1.54) is 30.5 Å². The molecule has 8 aromatic rings. The van der Waals surface area contributed by atoms with Gasteiger partial charge in [-0.3, -0.25) is 0 Å². The summed E-state index contributed by atoms with van der Waals surface area (Å²) < 4.78 is 13.0. The second-order valence-corrected chi connectivity index (χ2v) is 16.8. The Hall–Kier alpha value is -5.49. The molecular weight excluding hydrogens is 611 g/mol. The van der Waals surface area contributed by atoms with Crippen molar-refractivity contribution in [2.45, 2.75) is 9.79 Å². The van der Waals surface area contributed by atoms with E-state index in [9.17, 15) is 0 Å². The normalized spacial score (nSPS) is 13.8. The molecule has 2 aliphatic rings. The molecule has 7 aromatic carbocycles. The molecule has 0 bridgehead atoms. The molecule has 0 radical (unpaired) electrons. The van der Waals surface area contributed by atoms with Crippen LogP contribution in [0.2, 0.25) is 0 Å². The highest BCUT2D eigenvalue weighted by Crippen LogP contribution is 2.42. The third-order valence-corrected chi connectivity index (χ3v) is 16.0. The summed E-state index contributed by atoms with van der Waals surface area (Å²) >= 11 is 1.88. The van der Waals surface area contributed by atoms with E-state index in [1.807, 2.05) is 23.9 Å². The summed E-state index contributed by atoms with van der Waals surface area (Å²) in [5.41, 5.74) is 5.04. The predicted molar refractivity (Wildman–Crippen MR) is 196 cm³/mol. The minimum atomic E-state index is -2.79. The maximum atomic E-state index is 6.62. The van der Waals surface area contributed by atoms with Gasteiger partial charge in [0.1, 0.15) is 22.7 Å². The first-order chi connectivity index (χ1) is 23.3. The standard InChI is InChI=1S/C42H27NO2SSi/c1-2-12-28(13-3-1)43(29-22-24-32-31-14-4-5-15-33(31)44-36(32)26-29)30-23-25-38-42(27-30)47(41-21-11-8-18-37(41)46-38)39-19-9-6-16-34(39)45-35-17-7-10-20-40(35)47/h1-27H. The molecule has 0 unspecified atom stereocenters. The molecule has 0 amide bonds. The van der Waals surface area contributed by atoms with Gasteiger partial charge >= 0.3 is 0 Å². The molecule has 2 aliphatic heterocycles. The SMILES string of the molecule is c1ccc(N(c2ccc3c(c2)[Si]2(c4ccccc4Oc4ccccc42)c2ccccc2S3)c2ccc3c(c2)oc2ccccc23)cc1. The summed E-state index contributed by atoms with van der Waals surface area (Å²) in [4.78, 5) is 4.98. The Morgan fingerprint density at radius 3 is 1.83 bits per heavy atom. The van der Waals surface area contributed by atoms with Crippen LogP contribution in [0.5, 0.6) is 11.5 Å². The van der Waals surface area contributed by atoms with Crippen molar-refractivity contribution < 1.29 is 9.15 Å². The van der Waals surface area contributed by atoms with Crippen LogP contribution in [0.15, 0.2) is 178 Å². The summed E-state index contributed by atoms with van der Waals surface area (Å²) in [5.74, 6) is 1.90. The summed E-state index contributed by atoms with van der Waals surface area (Å²) in [6, 6.07) is 58.9. The highest BCUT2D eigenvalue weighted by molar-refractivity contribution is 8.00. The van der Waals surface area contributed by atoms with Crippen LogP contribution in [0, 0.1) is 0 Å². The van der Waals surface area contributed by atoms with Crippen molar-refractivity contribution >= 4 is 79.6 Å². The molecule has 0 saturated carbocycles. The van der Waals surface area contributed by atoms with Gasteiger partial charge in [-0.25, -0.2) is 0 Å². The third-order valence-electron chi connectivity index (χ3n) is 9.57. The van der Waals surface area contributed by atoms with Crippen molar-refractivity contribution in [1.82, 2.24) is 0 Å². The highest BCUT2D eigenvalue weighted by atomic mass is 32.2. The number of nitrogens with zero attached hydrogens (tertiary/aromatic N) is 1. The summed E-state index contributed by atoms with van der Waals surface area (Å²) in [5, 5.41) is 7.63. The topological polar surface area (TPSA) is 25.6 Å². The molecule has 0 atom stereocenters. The first-order valence-electron chi connectivity index (χ1n) is 15.8. The van der Waals surface area contributed by atoms with Gasteiger partial charge in [-0.15, -0.1) is 0 Å². The third kappa shape index (κ3) is 3.87. The van der Waals surface area contributed by atoms with Crippen molar-refractivity contribution in [3.8, 4) is 11.5 Å². The van der Waals surface area contributed by atoms with E-state index in [-0.39, 0.29) is 0 Å². The van der Waals surface area contributed by atoms with Crippen molar-refractivity contribution in [1.29, 1.82) is 0 Å². The lowest BCUT2D eigenvalue weighted by atomic mass is 10.1. The van der Waals surface area contributed by atoms with Crippen molar-refractivity contribution in [3.05, 3.63) is 164 Å². The van der Waals surface area contributed by atoms with Crippen molar-refractivity contribution in [2.24, 2.45) is 0 Å². The van der Waals surface area contributed by atoms with Crippen LogP contribution in [0.25, 0.3) is 21.9 Å². The average molecular weight is 638 g/mol. The molecule has 47 heavy (non-hydrogen) atoms. The lowest BCUT2D eigenvalue weighted by molar-refractivity contribution is 0.487. The molecule has 3 nitrogen and oxygen atoms in total. The summed E-state index contributed by atoms with van der Waals surface area (Å²) in [6.45, 7) is 0. The Morgan fingerprint density at radius 2 is 1.02 bits per heavy atom. The van der Waals surface area contributed by atoms with Gasteiger partial charge in [0.05, 0.1) is 0 Å². The van der Waals surface area contributed by atoms with Gasteiger partial charge in [-0.2, -0.15) is 0 Å². The number of rotatable bonds is 3. The zero-order valence-corrected chi connectivity index (χ0v) is 27.1. The minimum Gasteiger partial charge on any atom is -0.458 e. The lowest BCUT2D eigenvalue weighted by Gasteiger charge is -2.43. The lowest BCUT2D eigenvalue weighted by Crippen LogP contribution is -2.77. The Labute approximate surface area is 277 Å². The molecular formula is C42H27NO2SSi. The van der Waals surface area contributed by atoms with E-state index in [0.717, 1.165) is 50.5 Å². The number of benzene rings is 7. The molecule has 1 aromatic heterocycles. The van der Waals surface area contributed by atoms with Crippen LogP contribution in [-0.4, -0.2) is 8.07 Å². The maximum Gasteiger partial charge on any atom is 0.190 e. The zero-order chi connectivity index (χ0) is 31.0. The minimum absolute atomic E-state index is 0.880. The fourth-order valence-electron chi connectivity index (χ4n) is 7.62. The molecule has 5 heteroatoms. The fourth-order valence-corrected chi connectivity index (χ4v) is 14.8. The van der Waals surface area contributed by atoms with Crippen LogP contribution < -0.4 is 30.4 Å². The van der Waals surface area contributed by atoms with E-state index >= 15 is 0 Å². The van der Waals surface area contributed by atoms with E-state index in [4.69, 9.17) is 9.15 Å². The molecule has 222 valence electrons. The molecule has 1 spiro atoms. The Morgan fingerprint density at radius 1 is 0.426 bits per heavy atom. The van der Waals surface area contributed by atoms with Gasteiger partial charge < -0.3 is 14.1 Å². The summed E-state index contributed by atoms with van der Waals surface area (Å²) in [7, 11) is -2.79. The monoisotopic (exact) mass is 637 g/mol. The van der Waals surface area contributed by atoms with Crippen LogP contribution >= 0.6 is 11.8 Å². The van der Waals surface area contributed by atoms with Crippen LogP contribution in [0.3, 0.4) is 0 Å². The van der Waals surface area contributed by atoms with E-state index < -0.39 is 8.07 Å². The quantitative estimate of drug-likeness (QED) is 0.181. The Kier molecular flexibility index (Phi) is 5.83. The molecule has 0 aliphatic carbocycles. The van der Waals surface area contributed by atoms with Gasteiger partial charge in [0.2, 0.25) is 0 Å². The van der Waals surface area contributed by atoms with Gasteiger partial charge in [0.15, 0.2) is 8.07 Å². The van der Waals surface area contributed by atoms with Gasteiger partial charge in [0, 0.05) is 43.7 Å². The van der Waals surface area contributed by atoms with Crippen molar-refractivity contribution in [2.75, 3.05) is 4.90 Å². The molecule has 0 fully saturated rings. The van der Waals surface area contributed by atoms with Crippen LogP contribution in [-0.2, 0) is 0 Å². The highest BCUT2D eigenvalue weighted by Gasteiger charge is 2.52. The average Bonchev–Trinajstić information content (AvgIpc) is 3.50. The van der Waals surface area contributed by atoms with Gasteiger partial charge in [-0.1, -0.05) is 103 Å². The smallest absolute Gasteiger partial charge is 0.190 e. The Bertz CT molecular complexity index is 2400. The van der Waals surface area contributed by atoms with E-state index in [1.54, 1.807) is 0 Å². The number of hydrogen-bond donors (Lipinski definition) is 0. The fraction of sp³-hybridized carbons (Fsp3) is 0. The van der Waals surface area contributed by atoms with E-state index in [2.05, 4.69) is 157 Å². The van der Waals surface area contributed by atoms with Crippen molar-refractivity contribution in [3.63, 3.8) is 0 Å². The Balaban J connectivity index is 1.26. The summed E-state index contributed by atoms with van der Waals surface area (Å²) in [6.07, 6.45) is 0. The zero-order valence-electron chi connectivity index (χ0n) is 25.3. The number of furan rings is 1. The van der Waals surface area contributed by atoms with Gasteiger partial charge in [-0.05, 0) is 87.5 Å². The van der Waals surface area contributed by atoms with Crippen LogP contribution in [0.4, 0.5) is 17.1 Å². The molecule has 10 rings (SSSR count). The molecule has 3 heterocycles. The molecule has 0 N–H and O–H groups in total. The first-order valence-corrected chi connectivity index (χ1v) is 18.7.